The molecule has 0 fully saturated rings. The fraction of sp³-hybridized carbons (Fsp3) is 0.300. The highest BCUT2D eigenvalue weighted by Gasteiger charge is 2.08. The van der Waals surface area contributed by atoms with Crippen LogP contribution in [0.1, 0.15) is 37.8 Å². The van der Waals surface area contributed by atoms with Crippen molar-refractivity contribution in [3.63, 3.8) is 0 Å². The van der Waals surface area contributed by atoms with Crippen LogP contribution in [0.2, 0.25) is 0 Å². The van der Waals surface area contributed by atoms with E-state index in [9.17, 15) is 9.59 Å². The van der Waals surface area contributed by atoms with E-state index in [0.29, 0.717) is 23.0 Å². The molecule has 0 spiro atoms. The van der Waals surface area contributed by atoms with Gasteiger partial charge in [0.25, 0.3) is 5.91 Å². The van der Waals surface area contributed by atoms with Crippen molar-refractivity contribution >= 4 is 23.2 Å². The number of benzene rings is 2. The van der Waals surface area contributed by atoms with Crippen LogP contribution < -0.4 is 15.4 Å². The lowest BCUT2D eigenvalue weighted by atomic mass is 10.0. The van der Waals surface area contributed by atoms with Crippen molar-refractivity contribution in [3.8, 4) is 5.75 Å². The Hall–Kier alpha value is -2.82. The Kier molecular flexibility index (Phi) is 6.17. The molecule has 2 aromatic carbocycles. The third kappa shape index (κ3) is 5.64. The van der Waals surface area contributed by atoms with E-state index in [2.05, 4.69) is 30.5 Å². The Labute approximate surface area is 148 Å². The normalized spacial score (nSPS) is 10.4. The Morgan fingerprint density at radius 2 is 1.72 bits per heavy atom. The van der Waals surface area contributed by atoms with Crippen molar-refractivity contribution in [1.82, 2.24) is 0 Å². The molecule has 0 bridgehead atoms. The molecule has 0 atom stereocenters. The number of carbonyl (C=O) groups excluding carboxylic acids is 2. The van der Waals surface area contributed by atoms with Crippen LogP contribution in [-0.4, -0.2) is 18.4 Å². The van der Waals surface area contributed by atoms with Gasteiger partial charge in [0.05, 0.1) is 0 Å². The number of hydrogen-bond donors (Lipinski definition) is 2. The minimum atomic E-state index is -0.255. The molecule has 2 amide bonds. The number of hydrogen-bond acceptors (Lipinski definition) is 3. The molecule has 0 saturated carbocycles. The van der Waals surface area contributed by atoms with Crippen molar-refractivity contribution in [2.45, 2.75) is 33.6 Å². The maximum atomic E-state index is 12.1. The number of rotatable bonds is 6. The fourth-order valence-corrected chi connectivity index (χ4v) is 2.35. The quantitative estimate of drug-likeness (QED) is 0.832. The van der Waals surface area contributed by atoms with Gasteiger partial charge in [-0.25, -0.2) is 0 Å². The molecule has 0 unspecified atom stereocenters. The molecule has 0 saturated heterocycles. The molecule has 25 heavy (non-hydrogen) atoms. The van der Waals surface area contributed by atoms with Crippen molar-refractivity contribution in [1.29, 1.82) is 0 Å². The molecule has 5 heteroatoms. The summed E-state index contributed by atoms with van der Waals surface area (Å²) in [5.41, 5.74) is 3.40. The summed E-state index contributed by atoms with van der Waals surface area (Å²) in [7, 11) is 0. The first-order chi connectivity index (χ1) is 11.8. The second-order valence-electron chi connectivity index (χ2n) is 6.28. The highest BCUT2D eigenvalue weighted by atomic mass is 16.5. The third-order valence-corrected chi connectivity index (χ3v) is 3.70. The molecule has 2 N–H and O–H groups in total. The standard InChI is InChI=1S/C20H24N2O3/c1-13(2)16-9-8-14(3)19(10-16)25-12-20(24)22-18-7-5-6-17(11-18)21-15(4)23/h5-11,13H,12H2,1-4H3,(H,21,23)(H,22,24). The average molecular weight is 340 g/mol. The van der Waals surface area contributed by atoms with E-state index in [0.717, 1.165) is 5.56 Å². The van der Waals surface area contributed by atoms with Gasteiger partial charge in [-0.15, -0.1) is 0 Å². The maximum Gasteiger partial charge on any atom is 0.262 e. The molecule has 132 valence electrons. The van der Waals surface area contributed by atoms with E-state index in [-0.39, 0.29) is 18.4 Å². The second-order valence-corrected chi connectivity index (χ2v) is 6.28. The van der Waals surface area contributed by atoms with Crippen LogP contribution in [0, 0.1) is 6.92 Å². The van der Waals surface area contributed by atoms with E-state index in [4.69, 9.17) is 4.74 Å². The molecule has 5 nitrogen and oxygen atoms in total. The highest BCUT2D eigenvalue weighted by Crippen LogP contribution is 2.24. The molecular weight excluding hydrogens is 316 g/mol. The predicted octanol–water partition coefficient (Wildman–Crippen LogP) is 4.09. The first-order valence-electron chi connectivity index (χ1n) is 8.26. The monoisotopic (exact) mass is 340 g/mol. The summed E-state index contributed by atoms with van der Waals surface area (Å²) in [5.74, 6) is 0.697. The highest BCUT2D eigenvalue weighted by molar-refractivity contribution is 5.94. The van der Waals surface area contributed by atoms with Crippen LogP contribution in [0.25, 0.3) is 0 Å². The summed E-state index contributed by atoms with van der Waals surface area (Å²) in [5, 5.41) is 5.45. The minimum absolute atomic E-state index is 0.0766. The van der Waals surface area contributed by atoms with Gasteiger partial charge in [-0.3, -0.25) is 9.59 Å². The predicted molar refractivity (Wildman–Crippen MR) is 100 cm³/mol. The summed E-state index contributed by atoms with van der Waals surface area (Å²) in [4.78, 5) is 23.2. The third-order valence-electron chi connectivity index (χ3n) is 3.70. The fourth-order valence-electron chi connectivity index (χ4n) is 2.35. The van der Waals surface area contributed by atoms with Crippen molar-refractivity contribution in [3.05, 3.63) is 53.6 Å². The van der Waals surface area contributed by atoms with Gasteiger partial charge in [0, 0.05) is 18.3 Å². The van der Waals surface area contributed by atoms with E-state index in [1.165, 1.54) is 12.5 Å². The maximum absolute atomic E-state index is 12.1. The van der Waals surface area contributed by atoms with Crippen molar-refractivity contribution < 1.29 is 14.3 Å². The number of amides is 2. The van der Waals surface area contributed by atoms with Gasteiger partial charge in [0.1, 0.15) is 5.75 Å². The van der Waals surface area contributed by atoms with Crippen molar-refractivity contribution in [2.75, 3.05) is 17.2 Å². The Balaban J connectivity index is 1.97. The van der Waals surface area contributed by atoms with E-state index >= 15 is 0 Å². The van der Waals surface area contributed by atoms with E-state index in [1.54, 1.807) is 24.3 Å². The average Bonchev–Trinajstić information content (AvgIpc) is 2.53. The Morgan fingerprint density at radius 3 is 2.36 bits per heavy atom. The van der Waals surface area contributed by atoms with Gasteiger partial charge in [-0.1, -0.05) is 32.0 Å². The lowest BCUT2D eigenvalue weighted by Crippen LogP contribution is -2.20. The van der Waals surface area contributed by atoms with Crippen LogP contribution in [0.15, 0.2) is 42.5 Å². The summed E-state index contributed by atoms with van der Waals surface area (Å²) in [6.45, 7) is 7.54. The summed E-state index contributed by atoms with van der Waals surface area (Å²) >= 11 is 0. The number of anilines is 2. The molecule has 0 aromatic heterocycles. The zero-order chi connectivity index (χ0) is 18.4. The molecular formula is C20H24N2O3. The van der Waals surface area contributed by atoms with Crippen LogP contribution in [0.4, 0.5) is 11.4 Å². The first-order valence-corrected chi connectivity index (χ1v) is 8.26. The first kappa shape index (κ1) is 18.5. The van der Waals surface area contributed by atoms with Crippen LogP contribution in [0.3, 0.4) is 0 Å². The molecule has 0 heterocycles. The van der Waals surface area contributed by atoms with Crippen LogP contribution in [-0.2, 0) is 9.59 Å². The molecule has 0 aliphatic heterocycles. The lowest BCUT2D eigenvalue weighted by Gasteiger charge is -2.13. The van der Waals surface area contributed by atoms with E-state index in [1.807, 2.05) is 19.1 Å². The number of aryl methyl sites for hydroxylation is 1. The van der Waals surface area contributed by atoms with Crippen LogP contribution >= 0.6 is 0 Å². The number of carbonyl (C=O) groups is 2. The van der Waals surface area contributed by atoms with E-state index < -0.39 is 0 Å². The van der Waals surface area contributed by atoms with Gasteiger partial charge in [-0.05, 0) is 48.2 Å². The molecule has 0 radical (unpaired) electrons. The van der Waals surface area contributed by atoms with Gasteiger partial charge in [0.2, 0.25) is 5.91 Å². The van der Waals surface area contributed by atoms with Crippen LogP contribution in [0.5, 0.6) is 5.75 Å². The largest absolute Gasteiger partial charge is 0.483 e. The number of nitrogens with one attached hydrogen (secondary N) is 2. The molecule has 2 rings (SSSR count). The Morgan fingerprint density at radius 1 is 1.04 bits per heavy atom. The molecule has 2 aromatic rings. The second kappa shape index (κ2) is 8.33. The number of ether oxygens (including phenoxy) is 1. The van der Waals surface area contributed by atoms with Gasteiger partial charge in [-0.2, -0.15) is 0 Å². The SMILES string of the molecule is CC(=O)Nc1cccc(NC(=O)COc2cc(C(C)C)ccc2C)c1. The zero-order valence-electron chi connectivity index (χ0n) is 15.1. The summed E-state index contributed by atoms with van der Waals surface area (Å²) < 4.78 is 5.67. The van der Waals surface area contributed by atoms with Gasteiger partial charge in [0.15, 0.2) is 6.61 Å². The Bertz CT molecular complexity index is 769. The minimum Gasteiger partial charge on any atom is -0.483 e. The van der Waals surface area contributed by atoms with Gasteiger partial charge >= 0.3 is 0 Å². The molecule has 0 aliphatic carbocycles. The smallest absolute Gasteiger partial charge is 0.262 e. The van der Waals surface area contributed by atoms with Gasteiger partial charge < -0.3 is 15.4 Å². The van der Waals surface area contributed by atoms with Crippen molar-refractivity contribution in [2.24, 2.45) is 0 Å². The molecule has 0 aliphatic rings. The lowest BCUT2D eigenvalue weighted by molar-refractivity contribution is -0.118. The zero-order valence-corrected chi connectivity index (χ0v) is 15.1. The summed E-state index contributed by atoms with van der Waals surface area (Å²) in [6, 6.07) is 13.0. The topological polar surface area (TPSA) is 67.4 Å². The summed E-state index contributed by atoms with van der Waals surface area (Å²) in [6.07, 6.45) is 0.